The molecule has 0 atom stereocenters. The number of hydrogen-bond donors (Lipinski definition) is 0. The van der Waals surface area contributed by atoms with Crippen molar-refractivity contribution in [3.05, 3.63) is 12.1 Å². The van der Waals surface area contributed by atoms with Gasteiger partial charge in [0.2, 0.25) is 0 Å². The van der Waals surface area contributed by atoms with E-state index in [1.807, 2.05) is 81.3 Å². The van der Waals surface area contributed by atoms with Crippen molar-refractivity contribution in [1.82, 2.24) is 19.6 Å². The molecule has 0 aromatic rings. The molecule has 0 aliphatic carbocycles. The first kappa shape index (κ1) is 49.1. The molecule has 55 heavy (non-hydrogen) atoms. The van der Waals surface area contributed by atoms with Crippen LogP contribution in [0.5, 0.6) is 0 Å². The van der Waals surface area contributed by atoms with E-state index in [2.05, 4.69) is 25.5 Å². The van der Waals surface area contributed by atoms with E-state index >= 15 is 0 Å². The molecule has 0 aromatic carbocycles. The van der Waals surface area contributed by atoms with Crippen molar-refractivity contribution in [3.8, 4) is 12.3 Å². The summed E-state index contributed by atoms with van der Waals surface area (Å²) in [5, 5.41) is 0. The van der Waals surface area contributed by atoms with Gasteiger partial charge in [-0.15, -0.1) is 6.42 Å². The lowest BCUT2D eigenvalue weighted by atomic mass is 9.90. The van der Waals surface area contributed by atoms with Crippen LogP contribution in [0.3, 0.4) is 0 Å². The van der Waals surface area contributed by atoms with Gasteiger partial charge in [0.1, 0.15) is 17.8 Å². The van der Waals surface area contributed by atoms with Gasteiger partial charge in [0, 0.05) is 65.4 Å². The van der Waals surface area contributed by atoms with Gasteiger partial charge < -0.3 is 37.7 Å². The quantitative estimate of drug-likeness (QED) is 0.0780. The fourth-order valence-corrected chi connectivity index (χ4v) is 5.70. The molecule has 3 heterocycles. The first-order chi connectivity index (χ1) is 25.8. The van der Waals surface area contributed by atoms with E-state index in [0.717, 1.165) is 65.4 Å². The van der Waals surface area contributed by atoms with Crippen LogP contribution in [0.4, 0.5) is 0 Å². The van der Waals surface area contributed by atoms with E-state index in [1.54, 1.807) is 0 Å². The van der Waals surface area contributed by atoms with Crippen LogP contribution in [0.1, 0.15) is 69.2 Å². The first-order valence-corrected chi connectivity index (χ1v) is 19.9. The number of esters is 2. The molecule has 0 aromatic heterocycles. The summed E-state index contributed by atoms with van der Waals surface area (Å²) in [6, 6.07) is 0. The number of nitrogens with zero attached hydrogens (tertiary/aromatic N) is 4. The van der Waals surface area contributed by atoms with Gasteiger partial charge in [0.25, 0.3) is 0 Å². The van der Waals surface area contributed by atoms with Gasteiger partial charge in [-0.2, -0.15) is 0 Å². The van der Waals surface area contributed by atoms with Gasteiger partial charge in [0.15, 0.2) is 0 Å². The Morgan fingerprint density at radius 1 is 0.636 bits per heavy atom. The molecule has 3 fully saturated rings. The van der Waals surface area contributed by atoms with Crippen LogP contribution >= 0.6 is 0 Å². The lowest BCUT2D eigenvalue weighted by Crippen LogP contribution is -2.49. The molecule has 3 rings (SSSR count). The average Bonchev–Trinajstić information content (AvgIpc) is 3.28. The smallest absolute Gasteiger partial charge is 0.459 e. The van der Waals surface area contributed by atoms with Crippen LogP contribution in [-0.2, 0) is 47.3 Å². The van der Waals surface area contributed by atoms with Crippen LogP contribution < -0.4 is 0 Å². The second-order valence-corrected chi connectivity index (χ2v) is 17.0. The van der Waals surface area contributed by atoms with Gasteiger partial charge in [-0.3, -0.25) is 29.2 Å². The van der Waals surface area contributed by atoms with Crippen molar-refractivity contribution in [1.29, 1.82) is 0 Å². The minimum absolute atomic E-state index is 0.152. The zero-order valence-corrected chi connectivity index (χ0v) is 35.8. The molecule has 0 N–H and O–H groups in total. The van der Waals surface area contributed by atoms with Crippen molar-refractivity contribution < 1.29 is 47.3 Å². The molecule has 15 heteroatoms. The molecule has 0 bridgehead atoms. The Balaban J connectivity index is 0.000000402. The highest BCUT2D eigenvalue weighted by Gasteiger charge is 2.50. The first-order valence-electron chi connectivity index (χ1n) is 19.9. The standard InChI is InChI=1S/C23H43BN2O6.C17H30N2O4/c1-21(2,3)30-20(27)19-26-12-10-25(11-13-26)14-16-29-18-17-28-15-8-9-24-31-22(4,5)23(6,7)32-24;1-5-11-21-13-14-22-12-10-18-6-8-19(9-7-18)15-16(20)23-17(2,3)4/h8-9H,10-19H2,1-7H3;1H,6-15H2,2-4H3/b9-8+;. The van der Waals surface area contributed by atoms with Crippen molar-refractivity contribution in [2.75, 3.05) is 131 Å². The normalized spacial score (nSPS) is 19.9. The zero-order chi connectivity index (χ0) is 41.0. The third kappa shape index (κ3) is 22.4. The van der Waals surface area contributed by atoms with Gasteiger partial charge in [0.05, 0.1) is 70.5 Å². The Hall–Kier alpha value is -2.10. The molecular weight excluding hydrogens is 707 g/mol. The predicted octanol–water partition coefficient (Wildman–Crippen LogP) is 2.78. The molecule has 0 saturated carbocycles. The molecule has 0 radical (unpaired) electrons. The number of carbonyl (C=O) groups is 2. The summed E-state index contributed by atoms with van der Waals surface area (Å²) >= 11 is 0. The van der Waals surface area contributed by atoms with Crippen molar-refractivity contribution >= 4 is 19.1 Å². The highest BCUT2D eigenvalue weighted by molar-refractivity contribution is 6.51. The Kier molecular flexibility index (Phi) is 22.0. The number of rotatable bonds is 20. The summed E-state index contributed by atoms with van der Waals surface area (Å²) in [5.74, 6) is 4.01. The van der Waals surface area contributed by atoms with Crippen LogP contribution in [0, 0.1) is 12.3 Å². The number of terminal acetylenes is 1. The Labute approximate surface area is 332 Å². The maximum atomic E-state index is 11.9. The summed E-state index contributed by atoms with van der Waals surface area (Å²) < 4.78 is 44.5. The van der Waals surface area contributed by atoms with Crippen molar-refractivity contribution in [3.63, 3.8) is 0 Å². The summed E-state index contributed by atoms with van der Waals surface area (Å²) in [7, 11) is -0.329. The lowest BCUT2D eigenvalue weighted by Gasteiger charge is -2.34. The van der Waals surface area contributed by atoms with E-state index in [9.17, 15) is 9.59 Å². The van der Waals surface area contributed by atoms with Crippen molar-refractivity contribution in [2.24, 2.45) is 0 Å². The Morgan fingerprint density at radius 3 is 1.42 bits per heavy atom. The molecule has 3 aliphatic rings. The van der Waals surface area contributed by atoms with Crippen LogP contribution in [0.2, 0.25) is 0 Å². The molecular formula is C40H73BN4O10. The Bertz CT molecular complexity index is 1150. The number of ether oxygens (including phenoxy) is 6. The minimum atomic E-state index is -0.427. The van der Waals surface area contributed by atoms with E-state index in [1.165, 1.54) is 0 Å². The zero-order valence-electron chi connectivity index (χ0n) is 35.8. The second-order valence-electron chi connectivity index (χ2n) is 17.0. The van der Waals surface area contributed by atoms with Gasteiger partial charge in [-0.25, -0.2) is 0 Å². The summed E-state index contributed by atoms with van der Waals surface area (Å²) in [4.78, 5) is 32.7. The molecule has 0 unspecified atom stereocenters. The molecule has 3 saturated heterocycles. The van der Waals surface area contributed by atoms with Crippen LogP contribution in [0.15, 0.2) is 12.1 Å². The number of carbonyl (C=O) groups excluding carboxylic acids is 2. The minimum Gasteiger partial charge on any atom is -0.459 e. The highest BCUT2D eigenvalue weighted by atomic mass is 16.7. The maximum Gasteiger partial charge on any atom is 0.486 e. The summed E-state index contributed by atoms with van der Waals surface area (Å²) in [5.41, 5.74) is -1.48. The van der Waals surface area contributed by atoms with Crippen molar-refractivity contribution in [2.45, 2.75) is 91.6 Å². The third-order valence-electron chi connectivity index (χ3n) is 9.29. The SMILES string of the molecule is C#CCOCCOCCN1CCN(CC(=O)OC(C)(C)C)CC1.CC(C)(C)OC(=O)CN1CCN(CCOCCOC/C=C/B2OC(C)(C)C(C)(C)O2)CC1. The fraction of sp³-hybridized carbons (Fsp3) is 0.850. The monoisotopic (exact) mass is 781 g/mol. The van der Waals surface area contributed by atoms with Gasteiger partial charge in [-0.05, 0) is 69.2 Å². The van der Waals surface area contributed by atoms with E-state index < -0.39 is 11.2 Å². The Morgan fingerprint density at radius 2 is 1.02 bits per heavy atom. The lowest BCUT2D eigenvalue weighted by molar-refractivity contribution is -0.157. The number of piperazine rings is 2. The average molecular weight is 781 g/mol. The van der Waals surface area contributed by atoms with Crippen LogP contribution in [-0.4, -0.2) is 192 Å². The van der Waals surface area contributed by atoms with Gasteiger partial charge in [-0.1, -0.05) is 18.0 Å². The summed E-state index contributed by atoms with van der Waals surface area (Å²) in [6.07, 6.45) is 7.01. The largest absolute Gasteiger partial charge is 0.486 e. The molecule has 316 valence electrons. The van der Waals surface area contributed by atoms with E-state index in [-0.39, 0.29) is 30.3 Å². The molecule has 0 spiro atoms. The fourth-order valence-electron chi connectivity index (χ4n) is 5.70. The third-order valence-corrected chi connectivity index (χ3v) is 9.29. The predicted molar refractivity (Wildman–Crippen MR) is 215 cm³/mol. The maximum absolute atomic E-state index is 11.9. The number of hydrogen-bond acceptors (Lipinski definition) is 14. The van der Waals surface area contributed by atoms with Crippen LogP contribution in [0.25, 0.3) is 0 Å². The topological polar surface area (TPSA) is 121 Å². The van der Waals surface area contributed by atoms with Gasteiger partial charge >= 0.3 is 19.1 Å². The molecule has 3 aliphatic heterocycles. The highest BCUT2D eigenvalue weighted by Crippen LogP contribution is 2.36. The molecule has 0 amide bonds. The molecule has 14 nitrogen and oxygen atoms in total. The van der Waals surface area contributed by atoms with E-state index in [0.29, 0.717) is 65.9 Å². The second kappa shape index (κ2) is 24.6. The summed E-state index contributed by atoms with van der Waals surface area (Å²) in [6.45, 7) is 33.7. The van der Waals surface area contributed by atoms with E-state index in [4.69, 9.17) is 44.2 Å².